The number of hydrogen-bond donors (Lipinski definition) is 0. The van der Waals surface area contributed by atoms with E-state index in [0.29, 0.717) is 12.5 Å². The first-order chi connectivity index (χ1) is 11.5. The molecule has 0 aliphatic heterocycles. The van der Waals surface area contributed by atoms with E-state index >= 15 is 0 Å². The lowest BCUT2D eigenvalue weighted by Gasteiger charge is -2.19. The number of carbonyl (C=O) groups excluding carboxylic acids is 1. The molecular weight excluding hydrogens is 316 g/mol. The largest absolute Gasteiger partial charge is 0.336 e. The van der Waals surface area contributed by atoms with Gasteiger partial charge < -0.3 is 9.47 Å². The van der Waals surface area contributed by atoms with E-state index in [-0.39, 0.29) is 5.91 Å². The number of thiophene rings is 1. The molecule has 4 heteroatoms. The van der Waals surface area contributed by atoms with Crippen LogP contribution in [0.25, 0.3) is 10.2 Å². The Labute approximate surface area is 147 Å². The molecule has 1 amide bonds. The highest BCUT2D eigenvalue weighted by Crippen LogP contribution is 2.30. The lowest BCUT2D eigenvalue weighted by atomic mass is 10.2. The van der Waals surface area contributed by atoms with Crippen molar-refractivity contribution >= 4 is 27.5 Å². The molecule has 0 bridgehead atoms. The Hall–Kier alpha value is -2.07. The molecule has 126 valence electrons. The van der Waals surface area contributed by atoms with E-state index in [1.807, 2.05) is 25.2 Å². The maximum Gasteiger partial charge on any atom is 0.270 e. The van der Waals surface area contributed by atoms with Gasteiger partial charge in [0, 0.05) is 25.0 Å². The smallest absolute Gasteiger partial charge is 0.270 e. The van der Waals surface area contributed by atoms with Crippen molar-refractivity contribution < 1.29 is 4.79 Å². The number of aryl methyl sites for hydroxylation is 1. The summed E-state index contributed by atoms with van der Waals surface area (Å²) in [4.78, 5) is 16.1. The Morgan fingerprint density at radius 1 is 1.21 bits per heavy atom. The second-order valence-electron chi connectivity index (χ2n) is 6.79. The summed E-state index contributed by atoms with van der Waals surface area (Å²) in [6.07, 6.45) is 0. The molecule has 0 aliphatic rings. The second kappa shape index (κ2) is 6.81. The highest BCUT2D eigenvalue weighted by Gasteiger charge is 2.21. The van der Waals surface area contributed by atoms with Crippen molar-refractivity contribution in [2.24, 2.45) is 5.92 Å². The molecule has 2 aromatic heterocycles. The van der Waals surface area contributed by atoms with Crippen LogP contribution < -0.4 is 0 Å². The van der Waals surface area contributed by atoms with Gasteiger partial charge >= 0.3 is 0 Å². The summed E-state index contributed by atoms with van der Waals surface area (Å²) in [7, 11) is 1.88. The molecule has 2 heterocycles. The third-order valence-electron chi connectivity index (χ3n) is 4.09. The minimum atomic E-state index is 0.0838. The van der Waals surface area contributed by atoms with Crippen molar-refractivity contribution in [3.8, 4) is 0 Å². The first-order valence-electron chi connectivity index (χ1n) is 8.34. The summed E-state index contributed by atoms with van der Waals surface area (Å²) >= 11 is 1.76. The SMILES string of the molecule is Cc1cc2c(cc(C(=O)N(C)Cc3ccccc3)n2CC(C)C)s1. The molecule has 0 saturated carbocycles. The average Bonchev–Trinajstić information content (AvgIpc) is 3.04. The van der Waals surface area contributed by atoms with Crippen LogP contribution in [0, 0.1) is 12.8 Å². The van der Waals surface area contributed by atoms with Crippen molar-refractivity contribution in [2.45, 2.75) is 33.9 Å². The van der Waals surface area contributed by atoms with Gasteiger partial charge in [0.2, 0.25) is 0 Å². The number of hydrogen-bond acceptors (Lipinski definition) is 2. The molecule has 0 unspecified atom stereocenters. The first-order valence-corrected chi connectivity index (χ1v) is 9.16. The Balaban J connectivity index is 1.92. The quantitative estimate of drug-likeness (QED) is 0.646. The predicted octanol–water partition coefficient (Wildman–Crippen LogP) is 4.94. The van der Waals surface area contributed by atoms with Gasteiger partial charge in [-0.3, -0.25) is 4.79 Å². The number of rotatable bonds is 5. The van der Waals surface area contributed by atoms with Gasteiger partial charge in [0.05, 0.1) is 10.2 Å². The normalized spacial score (nSPS) is 11.4. The zero-order valence-electron chi connectivity index (χ0n) is 14.7. The topological polar surface area (TPSA) is 25.2 Å². The molecule has 1 aromatic carbocycles. The van der Waals surface area contributed by atoms with Crippen LogP contribution in [0.5, 0.6) is 0 Å². The zero-order valence-corrected chi connectivity index (χ0v) is 15.6. The minimum Gasteiger partial charge on any atom is -0.336 e. The molecule has 3 nitrogen and oxygen atoms in total. The van der Waals surface area contributed by atoms with Crippen LogP contribution in [0.15, 0.2) is 42.5 Å². The van der Waals surface area contributed by atoms with Gasteiger partial charge in [0.15, 0.2) is 0 Å². The predicted molar refractivity (Wildman–Crippen MR) is 102 cm³/mol. The summed E-state index contributed by atoms with van der Waals surface area (Å²) in [6.45, 7) is 7.98. The minimum absolute atomic E-state index is 0.0838. The van der Waals surface area contributed by atoms with Crippen LogP contribution in [-0.2, 0) is 13.1 Å². The van der Waals surface area contributed by atoms with Crippen molar-refractivity contribution in [3.63, 3.8) is 0 Å². The number of carbonyl (C=O) groups is 1. The third kappa shape index (κ3) is 3.39. The van der Waals surface area contributed by atoms with Gasteiger partial charge in [0.25, 0.3) is 5.91 Å². The van der Waals surface area contributed by atoms with Crippen molar-refractivity contribution in [1.29, 1.82) is 0 Å². The maximum absolute atomic E-state index is 13.0. The Kier molecular flexibility index (Phi) is 4.76. The van der Waals surface area contributed by atoms with Crippen LogP contribution in [0.4, 0.5) is 0 Å². The second-order valence-corrected chi connectivity index (χ2v) is 8.08. The van der Waals surface area contributed by atoms with E-state index in [4.69, 9.17) is 0 Å². The van der Waals surface area contributed by atoms with Gasteiger partial charge in [-0.05, 0) is 30.5 Å². The van der Waals surface area contributed by atoms with E-state index in [0.717, 1.165) is 17.8 Å². The number of amides is 1. The molecular formula is C20H24N2OS. The Morgan fingerprint density at radius 2 is 1.92 bits per heavy atom. The number of aromatic nitrogens is 1. The standard InChI is InChI=1S/C20H24N2OS/c1-14(2)12-22-17-10-15(3)24-19(17)11-18(22)20(23)21(4)13-16-8-6-5-7-9-16/h5-11,14H,12-13H2,1-4H3. The fourth-order valence-corrected chi connectivity index (χ4v) is 3.99. The highest BCUT2D eigenvalue weighted by atomic mass is 32.1. The maximum atomic E-state index is 13.0. The average molecular weight is 340 g/mol. The highest BCUT2D eigenvalue weighted by molar-refractivity contribution is 7.19. The summed E-state index contributed by atoms with van der Waals surface area (Å²) < 4.78 is 3.39. The van der Waals surface area contributed by atoms with Gasteiger partial charge in [-0.25, -0.2) is 0 Å². The number of nitrogens with zero attached hydrogens (tertiary/aromatic N) is 2. The summed E-state index contributed by atoms with van der Waals surface area (Å²) in [5.74, 6) is 0.576. The van der Waals surface area contributed by atoms with Gasteiger partial charge in [-0.2, -0.15) is 0 Å². The molecule has 0 fully saturated rings. The molecule has 0 radical (unpaired) electrons. The fraction of sp³-hybridized carbons (Fsp3) is 0.350. The molecule has 0 aliphatic carbocycles. The molecule has 3 aromatic rings. The van der Waals surface area contributed by atoms with Crippen LogP contribution >= 0.6 is 11.3 Å². The van der Waals surface area contributed by atoms with Crippen LogP contribution in [-0.4, -0.2) is 22.4 Å². The third-order valence-corrected chi connectivity index (χ3v) is 5.08. The van der Waals surface area contributed by atoms with Crippen molar-refractivity contribution in [3.05, 3.63) is 58.6 Å². The van der Waals surface area contributed by atoms with E-state index in [9.17, 15) is 4.79 Å². The Morgan fingerprint density at radius 3 is 2.58 bits per heavy atom. The molecule has 0 saturated heterocycles. The fourth-order valence-electron chi connectivity index (χ4n) is 3.03. The van der Waals surface area contributed by atoms with Gasteiger partial charge in [-0.1, -0.05) is 44.2 Å². The van der Waals surface area contributed by atoms with E-state index in [1.54, 1.807) is 16.2 Å². The van der Waals surface area contributed by atoms with Gasteiger partial charge in [0.1, 0.15) is 5.69 Å². The molecule has 3 rings (SSSR count). The summed E-state index contributed by atoms with van der Waals surface area (Å²) in [6, 6.07) is 14.4. The first kappa shape index (κ1) is 16.8. The van der Waals surface area contributed by atoms with Crippen LogP contribution in [0.1, 0.15) is 34.8 Å². The van der Waals surface area contributed by atoms with E-state index < -0.39 is 0 Å². The lowest BCUT2D eigenvalue weighted by molar-refractivity contribution is 0.0774. The van der Waals surface area contributed by atoms with E-state index in [2.05, 4.69) is 49.6 Å². The zero-order chi connectivity index (χ0) is 17.3. The molecule has 24 heavy (non-hydrogen) atoms. The number of fused-ring (bicyclic) bond motifs is 1. The van der Waals surface area contributed by atoms with Crippen LogP contribution in [0.2, 0.25) is 0 Å². The van der Waals surface area contributed by atoms with Gasteiger partial charge in [-0.15, -0.1) is 11.3 Å². The van der Waals surface area contributed by atoms with Crippen molar-refractivity contribution in [1.82, 2.24) is 9.47 Å². The summed E-state index contributed by atoms with van der Waals surface area (Å²) in [5, 5.41) is 0. The summed E-state index contributed by atoms with van der Waals surface area (Å²) in [5.41, 5.74) is 3.12. The van der Waals surface area contributed by atoms with E-state index in [1.165, 1.54) is 15.1 Å². The monoisotopic (exact) mass is 340 g/mol. The van der Waals surface area contributed by atoms with Crippen LogP contribution in [0.3, 0.4) is 0 Å². The number of benzene rings is 1. The molecule has 0 N–H and O–H groups in total. The molecule has 0 atom stereocenters. The van der Waals surface area contributed by atoms with Crippen molar-refractivity contribution in [2.75, 3.05) is 7.05 Å². The lowest BCUT2D eigenvalue weighted by Crippen LogP contribution is -2.28. The Bertz CT molecular complexity index is 845. The molecule has 0 spiro atoms.